The summed E-state index contributed by atoms with van der Waals surface area (Å²) in [5.74, 6) is -1.21. The molecule has 1 fully saturated rings. The number of amides is 1. The highest BCUT2D eigenvalue weighted by Crippen LogP contribution is 2.29. The van der Waals surface area contributed by atoms with Crippen LogP contribution in [0, 0.1) is 11.3 Å². The molecule has 0 spiro atoms. The number of pyridine rings is 1. The summed E-state index contributed by atoms with van der Waals surface area (Å²) in [4.78, 5) is 30.5. The van der Waals surface area contributed by atoms with Crippen molar-refractivity contribution in [2.45, 2.75) is 31.8 Å². The Bertz CT molecular complexity index is 1190. The average molecular weight is 441 g/mol. The molecule has 0 saturated carbocycles. The van der Waals surface area contributed by atoms with Gasteiger partial charge in [0, 0.05) is 18.3 Å². The molecular formula is C26H24N4O3. The third-order valence-electron chi connectivity index (χ3n) is 5.85. The highest BCUT2D eigenvalue weighted by Gasteiger charge is 2.28. The summed E-state index contributed by atoms with van der Waals surface area (Å²) in [6, 6.07) is 20.0. The summed E-state index contributed by atoms with van der Waals surface area (Å²) in [5.41, 5.74) is 3.52. The Morgan fingerprint density at radius 2 is 1.91 bits per heavy atom. The van der Waals surface area contributed by atoms with Crippen LogP contribution in [0.1, 0.15) is 40.9 Å². The first-order valence-electron chi connectivity index (χ1n) is 10.9. The summed E-state index contributed by atoms with van der Waals surface area (Å²) in [6.07, 6.45) is 4.14. The maximum atomic E-state index is 12.8. The number of aromatic nitrogens is 1. The number of nitriles is 1. The molecule has 33 heavy (non-hydrogen) atoms. The second-order valence-corrected chi connectivity index (χ2v) is 8.03. The zero-order chi connectivity index (χ0) is 23.2. The largest absolute Gasteiger partial charge is 0.480 e. The van der Waals surface area contributed by atoms with Crippen molar-refractivity contribution in [1.29, 1.82) is 5.26 Å². The van der Waals surface area contributed by atoms with E-state index in [-0.39, 0.29) is 5.69 Å². The maximum absolute atomic E-state index is 12.8. The van der Waals surface area contributed by atoms with Gasteiger partial charge < -0.3 is 10.4 Å². The van der Waals surface area contributed by atoms with Crippen LogP contribution < -0.4 is 5.32 Å². The minimum Gasteiger partial charge on any atom is -0.480 e. The zero-order valence-corrected chi connectivity index (χ0v) is 18.1. The number of aliphatic carboxylic acids is 1. The number of anilines is 1. The second kappa shape index (κ2) is 10.1. The van der Waals surface area contributed by atoms with Crippen LogP contribution in [0.2, 0.25) is 0 Å². The van der Waals surface area contributed by atoms with E-state index in [1.807, 2.05) is 41.3 Å². The summed E-state index contributed by atoms with van der Waals surface area (Å²) >= 11 is 0. The molecule has 7 nitrogen and oxygen atoms in total. The van der Waals surface area contributed by atoms with Gasteiger partial charge in [0.2, 0.25) is 0 Å². The Morgan fingerprint density at radius 3 is 2.61 bits per heavy atom. The van der Waals surface area contributed by atoms with Gasteiger partial charge in [0.1, 0.15) is 17.8 Å². The van der Waals surface area contributed by atoms with Crippen molar-refractivity contribution >= 4 is 17.6 Å². The normalized spacial score (nSPS) is 16.0. The fourth-order valence-electron chi connectivity index (χ4n) is 4.17. The number of carboxylic acids is 1. The fourth-order valence-corrected chi connectivity index (χ4v) is 4.17. The number of carbonyl (C=O) groups is 2. The van der Waals surface area contributed by atoms with Crippen molar-refractivity contribution in [2.75, 3.05) is 11.9 Å². The van der Waals surface area contributed by atoms with E-state index in [2.05, 4.69) is 16.4 Å². The molecule has 3 aromatic rings. The first-order valence-corrected chi connectivity index (χ1v) is 10.9. The number of piperidine rings is 1. The van der Waals surface area contributed by atoms with Gasteiger partial charge in [0.05, 0.1) is 11.3 Å². The van der Waals surface area contributed by atoms with Crippen LogP contribution in [0.5, 0.6) is 0 Å². The molecule has 2 N–H and O–H groups in total. The lowest BCUT2D eigenvalue weighted by Crippen LogP contribution is -2.44. The molecule has 1 aliphatic heterocycles. The summed E-state index contributed by atoms with van der Waals surface area (Å²) in [6.45, 7) is 1.21. The van der Waals surface area contributed by atoms with Crippen LogP contribution >= 0.6 is 0 Å². The molecular weight excluding hydrogens is 416 g/mol. The van der Waals surface area contributed by atoms with E-state index in [0.29, 0.717) is 24.2 Å². The number of hydrogen-bond acceptors (Lipinski definition) is 5. The lowest BCUT2D eigenvalue weighted by molar-refractivity contribution is -0.144. The third-order valence-corrected chi connectivity index (χ3v) is 5.85. The predicted molar refractivity (Wildman–Crippen MR) is 124 cm³/mol. The lowest BCUT2D eigenvalue weighted by Gasteiger charge is -2.32. The zero-order valence-electron chi connectivity index (χ0n) is 18.1. The highest BCUT2D eigenvalue weighted by atomic mass is 16.4. The molecule has 0 bridgehead atoms. The first kappa shape index (κ1) is 22.2. The molecule has 7 heteroatoms. The van der Waals surface area contributed by atoms with E-state index < -0.39 is 17.9 Å². The standard InChI is InChI=1S/C26H24N4O3/c27-15-21-20(19-7-2-1-3-8-19)9-6-10-22(21)29-25(31)23-13-12-18(16-28-23)17-30-14-5-4-11-24(30)26(32)33/h1-3,6-10,12-13,16,24H,4-5,11,14,17H2,(H,29,31)(H,32,33)/t24-/m0/s1. The Labute approximate surface area is 192 Å². The number of benzene rings is 2. The molecule has 2 aromatic carbocycles. The second-order valence-electron chi connectivity index (χ2n) is 8.03. The Kier molecular flexibility index (Phi) is 6.77. The number of nitrogens with one attached hydrogen (secondary N) is 1. The van der Waals surface area contributed by atoms with Crippen molar-refractivity contribution in [2.24, 2.45) is 0 Å². The van der Waals surface area contributed by atoms with Gasteiger partial charge in [-0.25, -0.2) is 0 Å². The highest BCUT2D eigenvalue weighted by molar-refractivity contribution is 6.04. The Balaban J connectivity index is 1.48. The third kappa shape index (κ3) is 5.08. The molecule has 1 aromatic heterocycles. The van der Waals surface area contributed by atoms with Gasteiger partial charge in [-0.05, 0) is 42.6 Å². The summed E-state index contributed by atoms with van der Waals surface area (Å²) in [5, 5.41) is 22.0. The van der Waals surface area contributed by atoms with Crippen molar-refractivity contribution in [3.63, 3.8) is 0 Å². The Hall–Kier alpha value is -4.02. The van der Waals surface area contributed by atoms with E-state index in [1.165, 1.54) is 0 Å². The molecule has 1 aliphatic rings. The van der Waals surface area contributed by atoms with E-state index in [1.54, 1.807) is 30.5 Å². The van der Waals surface area contributed by atoms with Gasteiger partial charge in [-0.1, -0.05) is 55.0 Å². The molecule has 2 heterocycles. The van der Waals surface area contributed by atoms with Gasteiger partial charge in [-0.3, -0.25) is 19.5 Å². The first-order chi connectivity index (χ1) is 16.1. The average Bonchev–Trinajstić information content (AvgIpc) is 2.85. The van der Waals surface area contributed by atoms with Crippen LogP contribution in [-0.2, 0) is 11.3 Å². The maximum Gasteiger partial charge on any atom is 0.320 e. The molecule has 4 rings (SSSR count). The van der Waals surface area contributed by atoms with Crippen molar-refractivity contribution in [1.82, 2.24) is 9.88 Å². The lowest BCUT2D eigenvalue weighted by atomic mass is 9.99. The molecule has 1 saturated heterocycles. The van der Waals surface area contributed by atoms with Gasteiger partial charge in [0.15, 0.2) is 0 Å². The minimum atomic E-state index is -0.801. The van der Waals surface area contributed by atoms with E-state index in [4.69, 9.17) is 0 Å². The number of rotatable bonds is 6. The van der Waals surface area contributed by atoms with Crippen LogP contribution in [-0.4, -0.2) is 39.5 Å². The molecule has 0 unspecified atom stereocenters. The number of carboxylic acid groups (broad SMARTS) is 1. The smallest absolute Gasteiger partial charge is 0.320 e. The molecule has 0 radical (unpaired) electrons. The van der Waals surface area contributed by atoms with Crippen molar-refractivity contribution in [3.8, 4) is 17.2 Å². The van der Waals surface area contributed by atoms with E-state index >= 15 is 0 Å². The fraction of sp³-hybridized carbons (Fsp3) is 0.231. The quantitative estimate of drug-likeness (QED) is 0.592. The van der Waals surface area contributed by atoms with Crippen molar-refractivity contribution in [3.05, 3.63) is 83.7 Å². The number of hydrogen-bond donors (Lipinski definition) is 2. The number of nitrogens with zero attached hydrogens (tertiary/aromatic N) is 3. The monoisotopic (exact) mass is 440 g/mol. The van der Waals surface area contributed by atoms with Gasteiger partial charge in [-0.2, -0.15) is 5.26 Å². The SMILES string of the molecule is N#Cc1c(NC(=O)c2ccc(CN3CCCC[C@H]3C(=O)O)cn2)cccc1-c1ccccc1. The topological polar surface area (TPSA) is 106 Å². The van der Waals surface area contributed by atoms with Crippen LogP contribution in [0.25, 0.3) is 11.1 Å². The van der Waals surface area contributed by atoms with Crippen LogP contribution in [0.15, 0.2) is 66.9 Å². The molecule has 166 valence electrons. The summed E-state index contributed by atoms with van der Waals surface area (Å²) in [7, 11) is 0. The Morgan fingerprint density at radius 1 is 1.09 bits per heavy atom. The van der Waals surface area contributed by atoms with Crippen LogP contribution in [0.3, 0.4) is 0 Å². The van der Waals surface area contributed by atoms with Crippen molar-refractivity contribution < 1.29 is 14.7 Å². The number of likely N-dealkylation sites (tertiary alicyclic amines) is 1. The molecule has 1 atom stereocenters. The predicted octanol–water partition coefficient (Wildman–Crippen LogP) is 4.31. The van der Waals surface area contributed by atoms with Gasteiger partial charge in [-0.15, -0.1) is 0 Å². The van der Waals surface area contributed by atoms with E-state index in [0.717, 1.165) is 36.1 Å². The van der Waals surface area contributed by atoms with Gasteiger partial charge in [0.25, 0.3) is 5.91 Å². The molecule has 1 amide bonds. The minimum absolute atomic E-state index is 0.223. The van der Waals surface area contributed by atoms with Crippen LogP contribution in [0.4, 0.5) is 5.69 Å². The molecule has 0 aliphatic carbocycles. The van der Waals surface area contributed by atoms with Gasteiger partial charge >= 0.3 is 5.97 Å². The van der Waals surface area contributed by atoms with E-state index in [9.17, 15) is 20.0 Å². The number of carbonyl (C=O) groups excluding carboxylic acids is 1. The summed E-state index contributed by atoms with van der Waals surface area (Å²) < 4.78 is 0.